The minimum absolute atomic E-state index is 0.0101. The minimum atomic E-state index is -0.110. The van der Waals surface area contributed by atoms with Gasteiger partial charge in [-0.25, -0.2) is 0 Å². The summed E-state index contributed by atoms with van der Waals surface area (Å²) in [6.07, 6.45) is 0.810. The maximum atomic E-state index is 12.2. The van der Waals surface area contributed by atoms with Crippen LogP contribution < -0.4 is 10.1 Å². The predicted molar refractivity (Wildman–Crippen MR) is 115 cm³/mol. The smallest absolute Gasteiger partial charge is 0.257 e. The van der Waals surface area contributed by atoms with Crippen LogP contribution in [-0.4, -0.2) is 19.1 Å². The van der Waals surface area contributed by atoms with Gasteiger partial charge in [0.1, 0.15) is 5.75 Å². The highest BCUT2D eigenvalue weighted by Gasteiger charge is 2.08. The van der Waals surface area contributed by atoms with Gasteiger partial charge >= 0.3 is 0 Å². The number of amides is 1. The third kappa shape index (κ3) is 5.46. The summed E-state index contributed by atoms with van der Waals surface area (Å²) in [6.45, 7) is 4.98. The fourth-order valence-corrected chi connectivity index (χ4v) is 3.06. The fourth-order valence-electron chi connectivity index (χ4n) is 3.06. The molecule has 0 saturated carbocycles. The molecule has 3 heteroatoms. The largest absolute Gasteiger partial charge is 0.483 e. The summed E-state index contributed by atoms with van der Waals surface area (Å²) in [5, 5.41) is 2.93. The van der Waals surface area contributed by atoms with Crippen LogP contribution in [0.15, 0.2) is 78.9 Å². The van der Waals surface area contributed by atoms with E-state index in [1.165, 1.54) is 11.1 Å². The molecule has 3 rings (SSSR count). The van der Waals surface area contributed by atoms with Gasteiger partial charge < -0.3 is 10.1 Å². The number of carbonyl (C=O) groups is 1. The van der Waals surface area contributed by atoms with E-state index in [0.29, 0.717) is 18.2 Å². The number of ether oxygens (including phenoxy) is 1. The van der Waals surface area contributed by atoms with Crippen LogP contribution in [0.25, 0.3) is 11.1 Å². The van der Waals surface area contributed by atoms with E-state index in [1.807, 2.05) is 54.6 Å². The van der Waals surface area contributed by atoms with Crippen LogP contribution in [0.2, 0.25) is 0 Å². The molecule has 0 heterocycles. The first kappa shape index (κ1) is 19.7. The van der Waals surface area contributed by atoms with Crippen molar-refractivity contribution in [2.75, 3.05) is 13.2 Å². The monoisotopic (exact) mass is 373 g/mol. The lowest BCUT2D eigenvalue weighted by Crippen LogP contribution is -2.30. The highest BCUT2D eigenvalue weighted by atomic mass is 16.5. The van der Waals surface area contributed by atoms with Crippen molar-refractivity contribution in [3.8, 4) is 16.9 Å². The summed E-state index contributed by atoms with van der Waals surface area (Å²) < 4.78 is 5.79. The summed E-state index contributed by atoms with van der Waals surface area (Å²) in [5.41, 5.74) is 4.61. The molecule has 3 nitrogen and oxygen atoms in total. The lowest BCUT2D eigenvalue weighted by molar-refractivity contribution is -0.123. The van der Waals surface area contributed by atoms with Crippen LogP contribution in [0.1, 0.15) is 30.9 Å². The molecule has 0 spiro atoms. The molecule has 3 aromatic carbocycles. The molecule has 1 amide bonds. The molecule has 144 valence electrons. The molecule has 0 unspecified atom stereocenters. The second-order valence-corrected chi connectivity index (χ2v) is 7.15. The van der Waals surface area contributed by atoms with Crippen LogP contribution in [0.4, 0.5) is 0 Å². The normalized spacial score (nSPS) is 10.7. The standard InChI is InChI=1S/C25H27NO2/c1-19(2)21-14-12-20(13-15-21)16-17-26-25(27)18-28-24-11-7-6-10-23(24)22-8-4-3-5-9-22/h3-15,19H,16-18H2,1-2H3,(H,26,27). The Kier molecular flexibility index (Phi) is 6.85. The minimum Gasteiger partial charge on any atom is -0.483 e. The van der Waals surface area contributed by atoms with Crippen molar-refractivity contribution in [2.24, 2.45) is 0 Å². The van der Waals surface area contributed by atoms with Gasteiger partial charge in [-0.2, -0.15) is 0 Å². The van der Waals surface area contributed by atoms with E-state index in [0.717, 1.165) is 17.5 Å². The van der Waals surface area contributed by atoms with E-state index in [4.69, 9.17) is 4.74 Å². The first-order valence-electron chi connectivity index (χ1n) is 9.76. The van der Waals surface area contributed by atoms with E-state index in [1.54, 1.807) is 0 Å². The predicted octanol–water partition coefficient (Wildman–Crippen LogP) is 5.21. The highest BCUT2D eigenvalue weighted by molar-refractivity contribution is 5.78. The topological polar surface area (TPSA) is 38.3 Å². The quantitative estimate of drug-likeness (QED) is 0.588. The molecular weight excluding hydrogens is 346 g/mol. The molecule has 0 saturated heterocycles. The zero-order valence-corrected chi connectivity index (χ0v) is 16.5. The van der Waals surface area contributed by atoms with Crippen molar-refractivity contribution in [3.05, 3.63) is 90.0 Å². The van der Waals surface area contributed by atoms with Crippen LogP contribution in [-0.2, 0) is 11.2 Å². The Labute approximate surface area is 167 Å². The molecule has 3 aromatic rings. The molecule has 1 N–H and O–H groups in total. The number of hydrogen-bond acceptors (Lipinski definition) is 2. The van der Waals surface area contributed by atoms with Gasteiger partial charge in [-0.3, -0.25) is 4.79 Å². The molecule has 0 aliphatic carbocycles. The maximum absolute atomic E-state index is 12.2. The molecule has 0 bridgehead atoms. The number of para-hydroxylation sites is 1. The van der Waals surface area contributed by atoms with Gasteiger partial charge in [-0.05, 0) is 35.1 Å². The summed E-state index contributed by atoms with van der Waals surface area (Å²) in [4.78, 5) is 12.2. The molecule has 0 radical (unpaired) electrons. The molecule has 0 aliphatic heterocycles. The fraction of sp³-hybridized carbons (Fsp3) is 0.240. The van der Waals surface area contributed by atoms with E-state index in [9.17, 15) is 4.79 Å². The Morgan fingerprint density at radius 3 is 2.29 bits per heavy atom. The van der Waals surface area contributed by atoms with Crippen molar-refractivity contribution in [3.63, 3.8) is 0 Å². The van der Waals surface area contributed by atoms with Gasteiger partial charge in [0.2, 0.25) is 0 Å². The number of rotatable bonds is 8. The average Bonchev–Trinajstić information content (AvgIpc) is 2.73. The van der Waals surface area contributed by atoms with Gasteiger partial charge in [-0.1, -0.05) is 86.6 Å². The summed E-state index contributed by atoms with van der Waals surface area (Å²) >= 11 is 0. The van der Waals surface area contributed by atoms with Gasteiger partial charge in [-0.15, -0.1) is 0 Å². The lowest BCUT2D eigenvalue weighted by atomic mass is 10.0. The van der Waals surface area contributed by atoms with Crippen LogP contribution >= 0.6 is 0 Å². The van der Waals surface area contributed by atoms with Crippen molar-refractivity contribution >= 4 is 5.91 Å². The maximum Gasteiger partial charge on any atom is 0.257 e. The zero-order valence-electron chi connectivity index (χ0n) is 16.5. The van der Waals surface area contributed by atoms with Gasteiger partial charge in [0.05, 0.1) is 0 Å². The van der Waals surface area contributed by atoms with Crippen LogP contribution in [0.5, 0.6) is 5.75 Å². The third-order valence-electron chi connectivity index (χ3n) is 4.71. The van der Waals surface area contributed by atoms with Gasteiger partial charge in [0, 0.05) is 12.1 Å². The van der Waals surface area contributed by atoms with Crippen LogP contribution in [0, 0.1) is 0 Å². The number of carbonyl (C=O) groups excluding carboxylic acids is 1. The second-order valence-electron chi connectivity index (χ2n) is 7.15. The van der Waals surface area contributed by atoms with Crippen molar-refractivity contribution in [2.45, 2.75) is 26.2 Å². The first-order chi connectivity index (χ1) is 13.6. The summed E-state index contributed by atoms with van der Waals surface area (Å²) in [5.74, 6) is 1.14. The molecule has 0 aliphatic rings. The lowest BCUT2D eigenvalue weighted by Gasteiger charge is -2.12. The Hall–Kier alpha value is -3.07. The molecule has 28 heavy (non-hydrogen) atoms. The number of nitrogens with one attached hydrogen (secondary N) is 1. The molecule has 0 atom stereocenters. The SMILES string of the molecule is CC(C)c1ccc(CCNC(=O)COc2ccccc2-c2ccccc2)cc1. The third-order valence-corrected chi connectivity index (χ3v) is 4.71. The molecule has 0 fully saturated rings. The van der Waals surface area contributed by atoms with Crippen molar-refractivity contribution in [1.82, 2.24) is 5.32 Å². The number of benzene rings is 3. The van der Waals surface area contributed by atoms with Crippen LogP contribution in [0.3, 0.4) is 0 Å². The Morgan fingerprint density at radius 1 is 0.893 bits per heavy atom. The Morgan fingerprint density at radius 2 is 1.57 bits per heavy atom. The van der Waals surface area contributed by atoms with E-state index in [-0.39, 0.29) is 12.5 Å². The summed E-state index contributed by atoms with van der Waals surface area (Å²) in [6, 6.07) is 26.4. The average molecular weight is 373 g/mol. The van der Waals surface area contributed by atoms with E-state index >= 15 is 0 Å². The van der Waals surface area contributed by atoms with Gasteiger partial charge in [0.15, 0.2) is 6.61 Å². The summed E-state index contributed by atoms with van der Waals surface area (Å²) in [7, 11) is 0. The second kappa shape index (κ2) is 9.75. The Balaban J connectivity index is 1.49. The van der Waals surface area contributed by atoms with E-state index in [2.05, 4.69) is 43.4 Å². The highest BCUT2D eigenvalue weighted by Crippen LogP contribution is 2.29. The first-order valence-corrected chi connectivity index (χ1v) is 9.76. The Bertz CT molecular complexity index is 886. The van der Waals surface area contributed by atoms with Crippen molar-refractivity contribution in [1.29, 1.82) is 0 Å². The molecular formula is C25H27NO2. The van der Waals surface area contributed by atoms with E-state index < -0.39 is 0 Å². The van der Waals surface area contributed by atoms with Gasteiger partial charge in [0.25, 0.3) is 5.91 Å². The van der Waals surface area contributed by atoms with Crippen molar-refractivity contribution < 1.29 is 9.53 Å². The number of hydrogen-bond donors (Lipinski definition) is 1. The molecule has 0 aromatic heterocycles. The zero-order chi connectivity index (χ0) is 19.8.